The van der Waals surface area contributed by atoms with Gasteiger partial charge in [-0.1, -0.05) is 0 Å². The largest absolute Gasteiger partial charge is 0.159 e. The Labute approximate surface area is 58.9 Å². The Balaban J connectivity index is 3.01. The zero-order valence-corrected chi connectivity index (χ0v) is 5.89. The Kier molecular flexibility index (Phi) is 2.01. The molecule has 0 bridgehead atoms. The van der Waals surface area contributed by atoms with E-state index in [1.165, 1.54) is 0 Å². The lowest BCUT2D eigenvalue weighted by atomic mass is 10.3. The van der Waals surface area contributed by atoms with E-state index in [-0.39, 0.29) is 0 Å². The topological polar surface area (TPSA) is 25.8 Å². The van der Waals surface area contributed by atoms with Gasteiger partial charge in [0.25, 0.3) is 0 Å². The number of nitrogens with zero attached hydrogens (tertiary/aromatic N) is 2. The number of hydrogen-bond donors (Lipinski definition) is 0. The highest BCUT2D eigenvalue weighted by molar-refractivity contribution is 6.17. The van der Waals surface area contributed by atoms with Gasteiger partial charge in [-0.2, -0.15) is 10.2 Å². The molecule has 0 unspecified atom stereocenters. The molecule has 0 fully saturated rings. The molecule has 48 valence electrons. The summed E-state index contributed by atoms with van der Waals surface area (Å²) in [6.45, 7) is 1.89. The zero-order valence-electron chi connectivity index (χ0n) is 5.13. The van der Waals surface area contributed by atoms with Crippen LogP contribution in [0.5, 0.6) is 0 Å². The highest BCUT2D eigenvalue weighted by atomic mass is 35.5. The number of hydrogen-bond acceptors (Lipinski definition) is 2. The molecule has 9 heavy (non-hydrogen) atoms. The van der Waals surface area contributed by atoms with Gasteiger partial charge in [0.2, 0.25) is 0 Å². The maximum absolute atomic E-state index is 5.56. The molecule has 1 heterocycles. The van der Waals surface area contributed by atoms with Crippen LogP contribution in [-0.4, -0.2) is 10.2 Å². The molecule has 0 atom stereocenters. The van der Waals surface area contributed by atoms with E-state index >= 15 is 0 Å². The normalized spacial score (nSPS) is 9.56. The SMILES string of the molecule is Cc1nnccc1CCl. The highest BCUT2D eigenvalue weighted by Gasteiger charge is 1.93. The second-order valence-corrected chi connectivity index (χ2v) is 2.04. The number of alkyl halides is 1. The van der Waals surface area contributed by atoms with Crippen molar-refractivity contribution in [3.05, 3.63) is 23.5 Å². The van der Waals surface area contributed by atoms with Crippen molar-refractivity contribution < 1.29 is 0 Å². The molecule has 3 heteroatoms. The van der Waals surface area contributed by atoms with Crippen LogP contribution < -0.4 is 0 Å². The first-order chi connectivity index (χ1) is 4.34. The summed E-state index contributed by atoms with van der Waals surface area (Å²) in [7, 11) is 0. The predicted molar refractivity (Wildman–Crippen MR) is 36.3 cm³/mol. The first kappa shape index (κ1) is 6.49. The number of halogens is 1. The van der Waals surface area contributed by atoms with Crippen LogP contribution in [0.3, 0.4) is 0 Å². The summed E-state index contributed by atoms with van der Waals surface area (Å²) in [5.74, 6) is 0.515. The van der Waals surface area contributed by atoms with E-state index in [1.807, 2.05) is 13.0 Å². The van der Waals surface area contributed by atoms with Crippen molar-refractivity contribution in [2.24, 2.45) is 0 Å². The lowest BCUT2D eigenvalue weighted by molar-refractivity contribution is 0.956. The monoisotopic (exact) mass is 142 g/mol. The zero-order chi connectivity index (χ0) is 6.69. The summed E-state index contributed by atoms with van der Waals surface area (Å²) >= 11 is 5.56. The van der Waals surface area contributed by atoms with Crippen LogP contribution in [0.2, 0.25) is 0 Å². The van der Waals surface area contributed by atoms with Gasteiger partial charge in [0.05, 0.1) is 5.69 Å². The first-order valence-electron chi connectivity index (χ1n) is 2.67. The third-order valence-corrected chi connectivity index (χ3v) is 1.45. The molecule has 1 aromatic heterocycles. The lowest BCUT2D eigenvalue weighted by Gasteiger charge is -1.94. The average Bonchev–Trinajstić information content (AvgIpc) is 1.89. The van der Waals surface area contributed by atoms with Crippen molar-refractivity contribution in [1.82, 2.24) is 10.2 Å². The molecule has 0 saturated heterocycles. The van der Waals surface area contributed by atoms with Crippen LogP contribution in [0.25, 0.3) is 0 Å². The summed E-state index contributed by atoms with van der Waals surface area (Å²) in [6, 6.07) is 1.87. The molecular weight excluding hydrogens is 136 g/mol. The Hall–Kier alpha value is -0.630. The molecule has 0 N–H and O–H groups in total. The van der Waals surface area contributed by atoms with Crippen LogP contribution in [0.1, 0.15) is 11.3 Å². The number of aryl methyl sites for hydroxylation is 1. The van der Waals surface area contributed by atoms with E-state index in [0.717, 1.165) is 11.3 Å². The van der Waals surface area contributed by atoms with Gasteiger partial charge in [-0.3, -0.25) is 0 Å². The molecule has 0 aromatic carbocycles. The van der Waals surface area contributed by atoms with E-state index in [0.29, 0.717) is 5.88 Å². The molecule has 0 aliphatic rings. The van der Waals surface area contributed by atoms with E-state index < -0.39 is 0 Å². The van der Waals surface area contributed by atoms with E-state index in [4.69, 9.17) is 11.6 Å². The first-order valence-corrected chi connectivity index (χ1v) is 3.21. The molecular formula is C6H7ClN2. The fourth-order valence-corrected chi connectivity index (χ4v) is 0.852. The van der Waals surface area contributed by atoms with Gasteiger partial charge in [0.15, 0.2) is 0 Å². The van der Waals surface area contributed by atoms with Gasteiger partial charge in [-0.05, 0) is 18.6 Å². The predicted octanol–water partition coefficient (Wildman–Crippen LogP) is 1.52. The highest BCUT2D eigenvalue weighted by Crippen LogP contribution is 2.04. The van der Waals surface area contributed by atoms with E-state index in [2.05, 4.69) is 10.2 Å². The molecule has 0 amide bonds. The van der Waals surface area contributed by atoms with Gasteiger partial charge in [0, 0.05) is 12.1 Å². The maximum atomic E-state index is 5.56. The molecule has 0 spiro atoms. The van der Waals surface area contributed by atoms with Crippen molar-refractivity contribution in [2.75, 3.05) is 0 Å². The lowest BCUT2D eigenvalue weighted by Crippen LogP contribution is -1.90. The van der Waals surface area contributed by atoms with Crippen molar-refractivity contribution in [3.8, 4) is 0 Å². The smallest absolute Gasteiger partial charge is 0.0644 e. The van der Waals surface area contributed by atoms with Crippen molar-refractivity contribution in [1.29, 1.82) is 0 Å². The second-order valence-electron chi connectivity index (χ2n) is 1.78. The quantitative estimate of drug-likeness (QED) is 0.556. The Bertz CT molecular complexity index is 200. The van der Waals surface area contributed by atoms with E-state index in [1.54, 1.807) is 6.20 Å². The Morgan fingerprint density at radius 3 is 2.89 bits per heavy atom. The standard InChI is InChI=1S/C6H7ClN2/c1-5-6(4-7)2-3-8-9-5/h2-3H,4H2,1H3. The molecule has 0 radical (unpaired) electrons. The van der Waals surface area contributed by atoms with Crippen LogP contribution >= 0.6 is 11.6 Å². The number of aromatic nitrogens is 2. The molecule has 0 aliphatic carbocycles. The summed E-state index contributed by atoms with van der Waals surface area (Å²) in [5, 5.41) is 7.50. The Morgan fingerprint density at radius 1 is 1.67 bits per heavy atom. The minimum Gasteiger partial charge on any atom is -0.159 e. The van der Waals surface area contributed by atoms with Gasteiger partial charge in [0.1, 0.15) is 0 Å². The second kappa shape index (κ2) is 2.78. The average molecular weight is 143 g/mol. The van der Waals surface area contributed by atoms with E-state index in [9.17, 15) is 0 Å². The third kappa shape index (κ3) is 1.39. The van der Waals surface area contributed by atoms with Crippen molar-refractivity contribution >= 4 is 11.6 Å². The van der Waals surface area contributed by atoms with Crippen LogP contribution in [0.15, 0.2) is 12.3 Å². The van der Waals surface area contributed by atoms with Gasteiger partial charge >= 0.3 is 0 Å². The summed E-state index contributed by atoms with van der Waals surface area (Å²) in [6.07, 6.45) is 1.64. The maximum Gasteiger partial charge on any atom is 0.0644 e. The Morgan fingerprint density at radius 2 is 2.44 bits per heavy atom. The fraction of sp³-hybridized carbons (Fsp3) is 0.333. The fourth-order valence-electron chi connectivity index (χ4n) is 0.569. The summed E-state index contributed by atoms with van der Waals surface area (Å²) in [4.78, 5) is 0. The van der Waals surface area contributed by atoms with Crippen LogP contribution in [-0.2, 0) is 5.88 Å². The van der Waals surface area contributed by atoms with Crippen LogP contribution in [0, 0.1) is 6.92 Å². The third-order valence-electron chi connectivity index (χ3n) is 1.16. The summed E-state index contributed by atoms with van der Waals surface area (Å²) < 4.78 is 0. The van der Waals surface area contributed by atoms with Gasteiger partial charge in [-0.25, -0.2) is 0 Å². The molecule has 0 saturated carbocycles. The summed E-state index contributed by atoms with van der Waals surface area (Å²) in [5.41, 5.74) is 1.96. The molecule has 0 aliphatic heterocycles. The number of rotatable bonds is 1. The van der Waals surface area contributed by atoms with Crippen LogP contribution in [0.4, 0.5) is 0 Å². The molecule has 1 aromatic rings. The minimum atomic E-state index is 0.515. The minimum absolute atomic E-state index is 0.515. The van der Waals surface area contributed by atoms with Gasteiger partial charge < -0.3 is 0 Å². The van der Waals surface area contributed by atoms with Crippen molar-refractivity contribution in [2.45, 2.75) is 12.8 Å². The molecule has 1 rings (SSSR count). The van der Waals surface area contributed by atoms with Crippen molar-refractivity contribution in [3.63, 3.8) is 0 Å². The van der Waals surface area contributed by atoms with Gasteiger partial charge in [-0.15, -0.1) is 11.6 Å². The molecule has 2 nitrogen and oxygen atoms in total.